The number of halogens is 2. The van der Waals surface area contributed by atoms with Crippen molar-refractivity contribution in [3.05, 3.63) is 28.8 Å². The van der Waals surface area contributed by atoms with Crippen LogP contribution in [0.5, 0.6) is 5.75 Å². The molecule has 0 aromatic heterocycles. The van der Waals surface area contributed by atoms with Crippen molar-refractivity contribution < 1.29 is 14.6 Å². The summed E-state index contributed by atoms with van der Waals surface area (Å²) in [5.41, 5.74) is 0.157. The van der Waals surface area contributed by atoms with Crippen LogP contribution in [0.25, 0.3) is 0 Å². The number of hydrogen-bond donors (Lipinski definition) is 3. The molecular formula is C20H34ClIN4O3. The summed E-state index contributed by atoms with van der Waals surface area (Å²) in [6, 6.07) is 5.70. The van der Waals surface area contributed by atoms with Crippen molar-refractivity contribution >= 4 is 41.5 Å². The molecule has 1 aliphatic rings. The molecule has 9 heteroatoms. The third kappa shape index (κ3) is 9.69. The first-order chi connectivity index (χ1) is 13.4. The van der Waals surface area contributed by atoms with E-state index in [1.54, 1.807) is 7.11 Å². The highest BCUT2D eigenvalue weighted by molar-refractivity contribution is 14.0. The van der Waals surface area contributed by atoms with E-state index in [4.69, 9.17) is 21.1 Å². The average Bonchev–Trinajstić information content (AvgIpc) is 2.67. The van der Waals surface area contributed by atoms with Gasteiger partial charge in [0.25, 0.3) is 0 Å². The highest BCUT2D eigenvalue weighted by Gasteiger charge is 2.25. The summed E-state index contributed by atoms with van der Waals surface area (Å²) in [5.74, 6) is 1.44. The molecule has 7 nitrogen and oxygen atoms in total. The second-order valence-corrected chi connectivity index (χ2v) is 7.62. The first-order valence-corrected chi connectivity index (χ1v) is 10.2. The van der Waals surface area contributed by atoms with Crippen LogP contribution in [0.2, 0.25) is 5.02 Å². The first-order valence-electron chi connectivity index (χ1n) is 9.80. The van der Waals surface area contributed by atoms with Gasteiger partial charge >= 0.3 is 0 Å². The third-order valence-electron chi connectivity index (χ3n) is 4.54. The molecule has 29 heavy (non-hydrogen) atoms. The van der Waals surface area contributed by atoms with E-state index in [0.29, 0.717) is 30.6 Å². The van der Waals surface area contributed by atoms with Crippen molar-refractivity contribution in [2.24, 2.45) is 4.99 Å². The minimum absolute atomic E-state index is 0. The molecule has 0 spiro atoms. The summed E-state index contributed by atoms with van der Waals surface area (Å²) in [4.78, 5) is 6.78. The van der Waals surface area contributed by atoms with Crippen molar-refractivity contribution in [1.29, 1.82) is 0 Å². The van der Waals surface area contributed by atoms with Gasteiger partial charge in [-0.2, -0.15) is 0 Å². The Kier molecular flexibility index (Phi) is 12.2. The summed E-state index contributed by atoms with van der Waals surface area (Å²) < 4.78 is 10.5. The molecule has 0 aliphatic carbocycles. The Morgan fingerprint density at radius 3 is 2.69 bits per heavy atom. The molecule has 0 radical (unpaired) electrons. The molecule has 1 unspecified atom stereocenters. The fourth-order valence-corrected chi connectivity index (χ4v) is 3.32. The number of nitrogens with one attached hydrogen (secondary N) is 2. The van der Waals surface area contributed by atoms with Gasteiger partial charge in [-0.1, -0.05) is 17.7 Å². The van der Waals surface area contributed by atoms with Gasteiger partial charge in [-0.15, -0.1) is 24.0 Å². The maximum atomic E-state index is 10.7. The van der Waals surface area contributed by atoms with Crippen LogP contribution >= 0.6 is 35.6 Å². The number of hydrogen-bond acceptors (Lipinski definition) is 5. The minimum Gasteiger partial charge on any atom is -0.497 e. The molecule has 0 saturated carbocycles. The van der Waals surface area contributed by atoms with E-state index in [1.807, 2.05) is 32.0 Å². The number of β-amino-alcohol motifs (C(OH)–C–C–N with tert-alkyl or cyclic N) is 1. The van der Waals surface area contributed by atoms with E-state index < -0.39 is 5.60 Å². The Hall–Kier alpha value is -0.810. The van der Waals surface area contributed by atoms with Crippen molar-refractivity contribution in [3.8, 4) is 5.75 Å². The number of aliphatic imine (C=N–C) groups is 1. The molecule has 1 atom stereocenters. The fraction of sp³-hybridized carbons (Fsp3) is 0.650. The molecular weight excluding hydrogens is 507 g/mol. The summed E-state index contributed by atoms with van der Waals surface area (Å²) in [6.45, 7) is 9.32. The largest absolute Gasteiger partial charge is 0.497 e. The monoisotopic (exact) mass is 540 g/mol. The first kappa shape index (κ1) is 26.2. The van der Waals surface area contributed by atoms with Gasteiger partial charge in [-0.3, -0.25) is 9.89 Å². The van der Waals surface area contributed by atoms with Crippen LogP contribution in [0.15, 0.2) is 23.2 Å². The summed E-state index contributed by atoms with van der Waals surface area (Å²) in [5, 5.41) is 17.9. The van der Waals surface area contributed by atoms with Crippen LogP contribution in [0.4, 0.5) is 0 Å². The minimum atomic E-state index is -0.890. The Morgan fingerprint density at radius 1 is 1.34 bits per heavy atom. The second kappa shape index (κ2) is 13.5. The van der Waals surface area contributed by atoms with Crippen LogP contribution in [0.1, 0.15) is 19.4 Å². The summed E-state index contributed by atoms with van der Waals surface area (Å²) in [7, 11) is 1.63. The lowest BCUT2D eigenvalue weighted by molar-refractivity contribution is -0.0179. The molecule has 1 aromatic carbocycles. The predicted octanol–water partition coefficient (Wildman–Crippen LogP) is 2.15. The number of ether oxygens (including phenoxy) is 2. The van der Waals surface area contributed by atoms with Gasteiger partial charge in [-0.25, -0.2) is 0 Å². The second-order valence-electron chi connectivity index (χ2n) is 7.21. The molecule has 1 aromatic rings. The summed E-state index contributed by atoms with van der Waals surface area (Å²) >= 11 is 6.30. The van der Waals surface area contributed by atoms with Crippen molar-refractivity contribution in [2.75, 3.05) is 59.6 Å². The number of methoxy groups -OCH3 is 1. The van der Waals surface area contributed by atoms with Gasteiger partial charge in [0.05, 0.1) is 32.5 Å². The maximum Gasteiger partial charge on any atom is 0.191 e. The lowest BCUT2D eigenvalue weighted by atomic mass is 10.1. The van der Waals surface area contributed by atoms with E-state index in [-0.39, 0.29) is 24.0 Å². The Morgan fingerprint density at radius 2 is 2.07 bits per heavy atom. The topological polar surface area (TPSA) is 78.4 Å². The van der Waals surface area contributed by atoms with E-state index >= 15 is 0 Å². The number of rotatable bonds is 9. The highest BCUT2D eigenvalue weighted by atomic mass is 127. The average molecular weight is 541 g/mol. The lowest BCUT2D eigenvalue weighted by Gasteiger charge is -2.33. The maximum absolute atomic E-state index is 10.7. The molecule has 1 saturated heterocycles. The molecule has 166 valence electrons. The Labute approximate surface area is 196 Å². The van der Waals surface area contributed by atoms with Crippen LogP contribution in [0.3, 0.4) is 0 Å². The van der Waals surface area contributed by atoms with Crippen LogP contribution in [-0.2, 0) is 11.2 Å². The normalized spacial score (nSPS) is 17.2. The molecule has 0 bridgehead atoms. The lowest BCUT2D eigenvalue weighted by Crippen LogP contribution is -2.48. The molecule has 1 aliphatic heterocycles. The molecule has 1 heterocycles. The van der Waals surface area contributed by atoms with Crippen molar-refractivity contribution in [3.63, 3.8) is 0 Å². The van der Waals surface area contributed by atoms with Crippen LogP contribution in [0, 0.1) is 0 Å². The molecule has 0 amide bonds. The van der Waals surface area contributed by atoms with Gasteiger partial charge < -0.3 is 25.2 Å². The van der Waals surface area contributed by atoms with Crippen molar-refractivity contribution in [2.45, 2.75) is 25.9 Å². The predicted molar refractivity (Wildman–Crippen MR) is 129 cm³/mol. The zero-order valence-electron chi connectivity index (χ0n) is 17.5. The zero-order valence-corrected chi connectivity index (χ0v) is 20.6. The quantitative estimate of drug-likeness (QED) is 0.253. The van der Waals surface area contributed by atoms with Gasteiger partial charge in [0.1, 0.15) is 5.75 Å². The molecule has 3 N–H and O–H groups in total. The number of benzene rings is 1. The SMILES string of the molecule is CCNC(=NCC(C)(O)CN1CCOCC1)NCCc1ccc(OC)cc1Cl.I. The third-order valence-corrected chi connectivity index (χ3v) is 4.89. The van der Waals surface area contributed by atoms with Crippen LogP contribution in [-0.4, -0.2) is 81.2 Å². The van der Waals surface area contributed by atoms with E-state index in [0.717, 1.165) is 50.6 Å². The fourth-order valence-electron chi connectivity index (χ4n) is 3.06. The highest BCUT2D eigenvalue weighted by Crippen LogP contribution is 2.22. The Balaban J connectivity index is 0.00000420. The smallest absolute Gasteiger partial charge is 0.191 e. The standard InChI is InChI=1S/C20H33ClN4O3.HI/c1-4-22-19(23-8-7-16-5-6-17(27-3)13-18(16)21)24-14-20(2,26)15-25-9-11-28-12-10-25;/h5-6,13,26H,4,7-12,14-15H2,1-3H3,(H2,22,23,24);1H. The Bertz CT molecular complexity index is 640. The van der Waals surface area contributed by atoms with E-state index in [1.165, 1.54) is 0 Å². The van der Waals surface area contributed by atoms with Crippen molar-refractivity contribution in [1.82, 2.24) is 15.5 Å². The molecule has 1 fully saturated rings. The molecule has 2 rings (SSSR count). The van der Waals surface area contributed by atoms with Gasteiger partial charge in [-0.05, 0) is 38.0 Å². The van der Waals surface area contributed by atoms with Gasteiger partial charge in [0.15, 0.2) is 5.96 Å². The van der Waals surface area contributed by atoms with Gasteiger partial charge in [0, 0.05) is 37.7 Å². The van der Waals surface area contributed by atoms with E-state index in [9.17, 15) is 5.11 Å². The zero-order chi connectivity index (χ0) is 20.4. The summed E-state index contributed by atoms with van der Waals surface area (Å²) in [6.07, 6.45) is 0.761. The van der Waals surface area contributed by atoms with Gasteiger partial charge in [0.2, 0.25) is 0 Å². The number of guanidine groups is 1. The number of nitrogens with zero attached hydrogens (tertiary/aromatic N) is 2. The number of aliphatic hydroxyl groups is 1. The van der Waals surface area contributed by atoms with Crippen LogP contribution < -0.4 is 15.4 Å². The number of morpholine rings is 1. The van der Waals surface area contributed by atoms with E-state index in [2.05, 4.69) is 20.5 Å².